The van der Waals surface area contributed by atoms with Gasteiger partial charge in [0.2, 0.25) is 0 Å². The van der Waals surface area contributed by atoms with E-state index in [1.54, 1.807) is 11.0 Å². The van der Waals surface area contributed by atoms with Crippen LogP contribution in [-0.2, 0) is 14.3 Å². The van der Waals surface area contributed by atoms with Gasteiger partial charge in [0.25, 0.3) is 5.91 Å². The smallest absolute Gasteiger partial charge is 0.332 e. The van der Waals surface area contributed by atoms with Gasteiger partial charge in [0.15, 0.2) is 6.10 Å². The molecule has 2 atom stereocenters. The van der Waals surface area contributed by atoms with Crippen molar-refractivity contribution >= 4 is 18.0 Å². The zero-order valence-corrected chi connectivity index (χ0v) is 13.3. The maximum absolute atomic E-state index is 13.2. The van der Waals surface area contributed by atoms with Crippen LogP contribution < -0.4 is 0 Å². The summed E-state index contributed by atoms with van der Waals surface area (Å²) in [6, 6.07) is 6.43. The number of hydrogen-bond acceptors (Lipinski definition) is 3. The molecule has 0 spiro atoms. The van der Waals surface area contributed by atoms with Gasteiger partial charge in [0.05, 0.1) is 0 Å². The van der Waals surface area contributed by atoms with Gasteiger partial charge in [-0.15, -0.1) is 0 Å². The number of ether oxygens (including phenoxy) is 1. The molecule has 5 nitrogen and oxygen atoms in total. The molecule has 1 N–H and O–H groups in total. The van der Waals surface area contributed by atoms with Gasteiger partial charge in [-0.3, -0.25) is 4.79 Å². The van der Waals surface area contributed by atoms with E-state index in [4.69, 9.17) is 9.84 Å². The molecule has 1 amide bonds. The lowest BCUT2D eigenvalue weighted by atomic mass is 10.00. The van der Waals surface area contributed by atoms with Crippen molar-refractivity contribution in [3.8, 4) is 0 Å². The van der Waals surface area contributed by atoms with Gasteiger partial charge in [0, 0.05) is 13.1 Å². The standard InChI is InChI=1S/C18H20FNO4/c19-14-3-1-2-13(11-14)10-12-6-8-20(9-7-12)17(21)15-4-5-16(24-15)18(22)23/h1-3,10-11,15-16H,4-9H2,(H,22,23)/t15-,16+/m0/s1. The molecule has 0 saturated carbocycles. The highest BCUT2D eigenvalue weighted by atomic mass is 19.1. The van der Waals surface area contributed by atoms with E-state index in [0.717, 1.165) is 18.4 Å². The molecule has 3 rings (SSSR count). The Hall–Kier alpha value is -2.21. The summed E-state index contributed by atoms with van der Waals surface area (Å²) in [5, 5.41) is 8.93. The van der Waals surface area contributed by atoms with Crippen molar-refractivity contribution in [3.05, 3.63) is 41.2 Å². The molecule has 128 valence electrons. The third-order valence-electron chi connectivity index (χ3n) is 4.51. The van der Waals surface area contributed by atoms with Crippen LogP contribution in [0.2, 0.25) is 0 Å². The van der Waals surface area contributed by atoms with E-state index in [1.165, 1.54) is 17.7 Å². The third-order valence-corrected chi connectivity index (χ3v) is 4.51. The SMILES string of the molecule is O=C(O)[C@H]1CC[C@@H](C(=O)N2CCC(=Cc3cccc(F)c3)CC2)O1. The molecular formula is C18H20FNO4. The first-order valence-electron chi connectivity index (χ1n) is 8.15. The zero-order valence-electron chi connectivity index (χ0n) is 13.3. The number of hydrogen-bond donors (Lipinski definition) is 1. The van der Waals surface area contributed by atoms with Crippen molar-refractivity contribution in [3.63, 3.8) is 0 Å². The van der Waals surface area contributed by atoms with E-state index in [-0.39, 0.29) is 11.7 Å². The van der Waals surface area contributed by atoms with Crippen LogP contribution >= 0.6 is 0 Å². The first-order chi connectivity index (χ1) is 11.5. The van der Waals surface area contributed by atoms with Crippen molar-refractivity contribution in [2.45, 2.75) is 37.9 Å². The molecule has 0 bridgehead atoms. The Balaban J connectivity index is 1.55. The highest BCUT2D eigenvalue weighted by Gasteiger charge is 2.37. The molecule has 2 fully saturated rings. The fourth-order valence-electron chi connectivity index (χ4n) is 3.19. The molecular weight excluding hydrogens is 313 g/mol. The van der Waals surface area contributed by atoms with Gasteiger partial charge >= 0.3 is 5.97 Å². The molecule has 1 aromatic rings. The quantitative estimate of drug-likeness (QED) is 0.923. The lowest BCUT2D eigenvalue weighted by Gasteiger charge is -2.30. The van der Waals surface area contributed by atoms with Crippen molar-refractivity contribution in [2.75, 3.05) is 13.1 Å². The number of aliphatic carboxylic acids is 1. The highest BCUT2D eigenvalue weighted by molar-refractivity contribution is 5.83. The van der Waals surface area contributed by atoms with Gasteiger partial charge in [-0.2, -0.15) is 0 Å². The number of benzene rings is 1. The zero-order chi connectivity index (χ0) is 17.1. The molecule has 0 unspecified atom stereocenters. The molecule has 1 aromatic carbocycles. The average molecular weight is 333 g/mol. The van der Waals surface area contributed by atoms with Crippen molar-refractivity contribution in [2.24, 2.45) is 0 Å². The van der Waals surface area contributed by atoms with Crippen molar-refractivity contribution < 1.29 is 23.8 Å². The topological polar surface area (TPSA) is 66.8 Å². The molecule has 0 radical (unpaired) electrons. The second-order valence-corrected chi connectivity index (χ2v) is 6.21. The Labute approximate surface area is 139 Å². The van der Waals surface area contributed by atoms with Gasteiger partial charge in [0.1, 0.15) is 11.9 Å². The Bertz CT molecular complexity index is 663. The van der Waals surface area contributed by atoms with Crippen LogP contribution in [0.15, 0.2) is 29.8 Å². The maximum atomic E-state index is 13.2. The summed E-state index contributed by atoms with van der Waals surface area (Å²) in [4.78, 5) is 25.1. The van der Waals surface area contributed by atoms with Crippen molar-refractivity contribution in [1.29, 1.82) is 0 Å². The van der Waals surface area contributed by atoms with Crippen LogP contribution in [0.4, 0.5) is 4.39 Å². The van der Waals surface area contributed by atoms with Crippen LogP contribution in [-0.4, -0.2) is 47.2 Å². The van der Waals surface area contributed by atoms with Crippen LogP contribution in [0.5, 0.6) is 0 Å². The predicted molar refractivity (Wildman–Crippen MR) is 85.7 cm³/mol. The third kappa shape index (κ3) is 3.82. The lowest BCUT2D eigenvalue weighted by molar-refractivity contribution is -0.154. The Morgan fingerprint density at radius 3 is 2.54 bits per heavy atom. The molecule has 0 aromatic heterocycles. The number of likely N-dealkylation sites (tertiary alicyclic amines) is 1. The summed E-state index contributed by atoms with van der Waals surface area (Å²) in [5.41, 5.74) is 2.01. The number of carboxylic acids is 1. The first-order valence-corrected chi connectivity index (χ1v) is 8.15. The monoisotopic (exact) mass is 333 g/mol. The predicted octanol–water partition coefficient (Wildman–Crippen LogP) is 2.46. The molecule has 24 heavy (non-hydrogen) atoms. The Kier molecular flexibility index (Phi) is 4.94. The van der Waals surface area contributed by atoms with Gasteiger partial charge in [-0.25, -0.2) is 9.18 Å². The first kappa shape index (κ1) is 16.6. The number of carbonyl (C=O) groups is 2. The summed E-state index contributed by atoms with van der Waals surface area (Å²) in [6.45, 7) is 1.16. The number of carboxylic acid groups (broad SMARTS) is 1. The second-order valence-electron chi connectivity index (χ2n) is 6.21. The highest BCUT2D eigenvalue weighted by Crippen LogP contribution is 2.25. The maximum Gasteiger partial charge on any atom is 0.332 e. The number of piperidine rings is 1. The molecule has 2 heterocycles. The summed E-state index contributed by atoms with van der Waals surface area (Å²) in [7, 11) is 0. The normalized spacial score (nSPS) is 24.0. The number of rotatable bonds is 3. The number of halogens is 1. The lowest BCUT2D eigenvalue weighted by Crippen LogP contribution is -2.42. The van der Waals surface area contributed by atoms with Gasteiger partial charge in [-0.1, -0.05) is 23.8 Å². The minimum absolute atomic E-state index is 0.122. The van der Waals surface area contributed by atoms with Crippen LogP contribution in [0, 0.1) is 5.82 Å². The van der Waals surface area contributed by atoms with E-state index in [2.05, 4.69) is 0 Å². The van der Waals surface area contributed by atoms with Gasteiger partial charge < -0.3 is 14.7 Å². The number of nitrogens with zero attached hydrogens (tertiary/aromatic N) is 1. The molecule has 6 heteroatoms. The fourth-order valence-corrected chi connectivity index (χ4v) is 3.19. The van der Waals surface area contributed by atoms with E-state index >= 15 is 0 Å². The Morgan fingerprint density at radius 2 is 1.92 bits per heavy atom. The minimum Gasteiger partial charge on any atom is -0.479 e. The average Bonchev–Trinajstić information content (AvgIpc) is 3.05. The summed E-state index contributed by atoms with van der Waals surface area (Å²) < 4.78 is 18.5. The summed E-state index contributed by atoms with van der Waals surface area (Å²) in [6.07, 6.45) is 2.77. The molecule has 2 aliphatic rings. The van der Waals surface area contributed by atoms with Gasteiger partial charge in [-0.05, 0) is 43.4 Å². The summed E-state index contributed by atoms with van der Waals surface area (Å²) in [5.74, 6) is -1.39. The number of amides is 1. The summed E-state index contributed by atoms with van der Waals surface area (Å²) >= 11 is 0. The van der Waals surface area contributed by atoms with E-state index in [9.17, 15) is 14.0 Å². The van der Waals surface area contributed by atoms with E-state index in [0.29, 0.717) is 25.9 Å². The largest absolute Gasteiger partial charge is 0.479 e. The second kappa shape index (κ2) is 7.13. The number of carbonyl (C=O) groups excluding carboxylic acids is 1. The fraction of sp³-hybridized carbons (Fsp3) is 0.444. The Morgan fingerprint density at radius 1 is 1.21 bits per heavy atom. The molecule has 0 aliphatic carbocycles. The van der Waals surface area contributed by atoms with Crippen LogP contribution in [0.1, 0.15) is 31.2 Å². The van der Waals surface area contributed by atoms with E-state index < -0.39 is 18.2 Å². The van der Waals surface area contributed by atoms with E-state index in [1.807, 2.05) is 12.1 Å². The van der Waals surface area contributed by atoms with Crippen LogP contribution in [0.25, 0.3) is 6.08 Å². The molecule has 2 aliphatic heterocycles. The van der Waals surface area contributed by atoms with Crippen LogP contribution in [0.3, 0.4) is 0 Å². The van der Waals surface area contributed by atoms with Crippen molar-refractivity contribution in [1.82, 2.24) is 4.90 Å². The minimum atomic E-state index is -1.01. The molecule has 2 saturated heterocycles.